The van der Waals surface area contributed by atoms with Crippen LogP contribution < -0.4 is 10.1 Å². The molecule has 1 atom stereocenters. The second-order valence-corrected chi connectivity index (χ2v) is 7.09. The van der Waals surface area contributed by atoms with Gasteiger partial charge in [-0.05, 0) is 42.9 Å². The van der Waals surface area contributed by atoms with Gasteiger partial charge in [0.15, 0.2) is 0 Å². The highest BCUT2D eigenvalue weighted by molar-refractivity contribution is 5.31. The standard InChI is InChI=1S/C18H29NO/c1-14(13-19-16-7-5-6-8-16)20-17-11-9-15(10-12-17)18(2,3)4/h9-12,14,16,19H,5-8,13H2,1-4H3. The molecule has 1 saturated carbocycles. The van der Waals surface area contributed by atoms with Gasteiger partial charge in [-0.25, -0.2) is 0 Å². The van der Waals surface area contributed by atoms with E-state index in [1.165, 1.54) is 31.2 Å². The van der Waals surface area contributed by atoms with Crippen LogP contribution in [0.1, 0.15) is 58.9 Å². The largest absolute Gasteiger partial charge is 0.489 e. The number of benzene rings is 1. The van der Waals surface area contributed by atoms with E-state index in [4.69, 9.17) is 4.74 Å². The Balaban J connectivity index is 1.80. The molecular weight excluding hydrogens is 246 g/mol. The zero-order valence-electron chi connectivity index (χ0n) is 13.4. The molecule has 0 radical (unpaired) electrons. The summed E-state index contributed by atoms with van der Waals surface area (Å²) >= 11 is 0. The van der Waals surface area contributed by atoms with Crippen LogP contribution in [0.2, 0.25) is 0 Å². The Morgan fingerprint density at radius 1 is 1.15 bits per heavy atom. The predicted molar refractivity (Wildman–Crippen MR) is 85.5 cm³/mol. The highest BCUT2D eigenvalue weighted by atomic mass is 16.5. The highest BCUT2D eigenvalue weighted by Crippen LogP contribution is 2.24. The monoisotopic (exact) mass is 275 g/mol. The fraction of sp³-hybridized carbons (Fsp3) is 0.667. The molecular formula is C18H29NO. The van der Waals surface area contributed by atoms with E-state index in [0.717, 1.165) is 12.3 Å². The van der Waals surface area contributed by atoms with Gasteiger partial charge >= 0.3 is 0 Å². The van der Waals surface area contributed by atoms with Crippen LogP contribution in [0, 0.1) is 0 Å². The number of hydrogen-bond acceptors (Lipinski definition) is 2. The topological polar surface area (TPSA) is 21.3 Å². The quantitative estimate of drug-likeness (QED) is 0.866. The Labute approximate surface area is 123 Å². The lowest BCUT2D eigenvalue weighted by Crippen LogP contribution is -2.35. The molecule has 0 aliphatic heterocycles. The molecule has 2 nitrogen and oxygen atoms in total. The molecule has 1 aromatic rings. The third-order valence-electron chi connectivity index (χ3n) is 4.11. The summed E-state index contributed by atoms with van der Waals surface area (Å²) in [5, 5.41) is 3.61. The van der Waals surface area contributed by atoms with Crippen LogP contribution in [0.3, 0.4) is 0 Å². The molecule has 0 saturated heterocycles. The van der Waals surface area contributed by atoms with Crippen molar-refractivity contribution in [2.45, 2.75) is 70.9 Å². The van der Waals surface area contributed by atoms with E-state index in [0.29, 0.717) is 6.04 Å². The molecule has 2 heteroatoms. The first-order valence-corrected chi connectivity index (χ1v) is 7.96. The molecule has 0 spiro atoms. The van der Waals surface area contributed by atoms with Crippen molar-refractivity contribution in [2.24, 2.45) is 0 Å². The second kappa shape index (κ2) is 6.62. The second-order valence-electron chi connectivity index (χ2n) is 7.09. The van der Waals surface area contributed by atoms with Crippen LogP contribution >= 0.6 is 0 Å². The Hall–Kier alpha value is -1.02. The molecule has 1 N–H and O–H groups in total. The normalized spacial score (nSPS) is 18.2. The molecule has 20 heavy (non-hydrogen) atoms. The molecule has 0 aromatic heterocycles. The third-order valence-corrected chi connectivity index (χ3v) is 4.11. The summed E-state index contributed by atoms with van der Waals surface area (Å²) < 4.78 is 5.98. The average Bonchev–Trinajstić information content (AvgIpc) is 2.89. The van der Waals surface area contributed by atoms with E-state index in [9.17, 15) is 0 Å². The van der Waals surface area contributed by atoms with Gasteiger partial charge in [0.05, 0.1) is 0 Å². The molecule has 1 unspecified atom stereocenters. The van der Waals surface area contributed by atoms with Gasteiger partial charge in [0.1, 0.15) is 11.9 Å². The van der Waals surface area contributed by atoms with Crippen molar-refractivity contribution < 1.29 is 4.74 Å². The maximum Gasteiger partial charge on any atom is 0.119 e. The summed E-state index contributed by atoms with van der Waals surface area (Å²) in [5.74, 6) is 0.971. The van der Waals surface area contributed by atoms with E-state index in [2.05, 4.69) is 57.3 Å². The molecule has 112 valence electrons. The van der Waals surface area contributed by atoms with E-state index in [-0.39, 0.29) is 11.5 Å². The predicted octanol–water partition coefficient (Wildman–Crippen LogP) is 4.28. The van der Waals surface area contributed by atoms with Crippen LogP contribution in [-0.4, -0.2) is 18.7 Å². The first-order valence-electron chi connectivity index (χ1n) is 7.96. The lowest BCUT2D eigenvalue weighted by Gasteiger charge is -2.21. The first-order chi connectivity index (χ1) is 9.45. The van der Waals surface area contributed by atoms with Crippen molar-refractivity contribution in [3.05, 3.63) is 29.8 Å². The SMILES string of the molecule is CC(CNC1CCCC1)Oc1ccc(C(C)(C)C)cc1. The summed E-state index contributed by atoms with van der Waals surface area (Å²) in [5.41, 5.74) is 1.55. The highest BCUT2D eigenvalue weighted by Gasteiger charge is 2.16. The number of nitrogens with one attached hydrogen (secondary N) is 1. The van der Waals surface area contributed by atoms with Crippen molar-refractivity contribution in [3.63, 3.8) is 0 Å². The van der Waals surface area contributed by atoms with E-state index in [1.807, 2.05) is 0 Å². The van der Waals surface area contributed by atoms with Crippen LogP contribution in [0.4, 0.5) is 0 Å². The van der Waals surface area contributed by atoms with Gasteiger partial charge in [0.2, 0.25) is 0 Å². The van der Waals surface area contributed by atoms with Crippen molar-refractivity contribution >= 4 is 0 Å². The summed E-state index contributed by atoms with van der Waals surface area (Å²) in [4.78, 5) is 0. The summed E-state index contributed by atoms with van der Waals surface area (Å²) in [6.07, 6.45) is 5.62. The first kappa shape index (κ1) is 15.4. The minimum Gasteiger partial charge on any atom is -0.489 e. The van der Waals surface area contributed by atoms with Gasteiger partial charge in [-0.15, -0.1) is 0 Å². The van der Waals surface area contributed by atoms with E-state index in [1.54, 1.807) is 0 Å². The van der Waals surface area contributed by atoms with Gasteiger partial charge in [0.25, 0.3) is 0 Å². The van der Waals surface area contributed by atoms with Crippen LogP contribution in [0.25, 0.3) is 0 Å². The maximum absolute atomic E-state index is 5.98. The lowest BCUT2D eigenvalue weighted by atomic mass is 9.87. The van der Waals surface area contributed by atoms with Crippen molar-refractivity contribution in [2.75, 3.05) is 6.54 Å². The van der Waals surface area contributed by atoms with Gasteiger partial charge < -0.3 is 10.1 Å². The average molecular weight is 275 g/mol. The van der Waals surface area contributed by atoms with Crippen LogP contribution in [0.5, 0.6) is 5.75 Å². The minimum absolute atomic E-state index is 0.203. The Morgan fingerprint density at radius 3 is 2.30 bits per heavy atom. The molecule has 0 amide bonds. The zero-order chi connectivity index (χ0) is 14.6. The molecule has 2 rings (SSSR count). The summed E-state index contributed by atoms with van der Waals surface area (Å²) in [7, 11) is 0. The maximum atomic E-state index is 5.98. The summed E-state index contributed by atoms with van der Waals surface area (Å²) in [6, 6.07) is 9.24. The van der Waals surface area contributed by atoms with Crippen molar-refractivity contribution in [1.29, 1.82) is 0 Å². The lowest BCUT2D eigenvalue weighted by molar-refractivity contribution is 0.211. The zero-order valence-corrected chi connectivity index (χ0v) is 13.4. The van der Waals surface area contributed by atoms with Gasteiger partial charge in [-0.2, -0.15) is 0 Å². The number of ether oxygens (including phenoxy) is 1. The van der Waals surface area contributed by atoms with Crippen molar-refractivity contribution in [1.82, 2.24) is 5.32 Å². The van der Waals surface area contributed by atoms with Gasteiger partial charge in [-0.3, -0.25) is 0 Å². The van der Waals surface area contributed by atoms with Gasteiger partial charge in [0, 0.05) is 12.6 Å². The molecule has 1 fully saturated rings. The Bertz CT molecular complexity index is 398. The third kappa shape index (κ3) is 4.52. The fourth-order valence-corrected chi connectivity index (χ4v) is 2.77. The number of rotatable bonds is 5. The molecule has 0 heterocycles. The van der Waals surface area contributed by atoms with Crippen LogP contribution in [0.15, 0.2) is 24.3 Å². The smallest absolute Gasteiger partial charge is 0.119 e. The van der Waals surface area contributed by atoms with Crippen LogP contribution in [-0.2, 0) is 5.41 Å². The van der Waals surface area contributed by atoms with Gasteiger partial charge in [-0.1, -0.05) is 45.7 Å². The molecule has 1 aliphatic carbocycles. The fourth-order valence-electron chi connectivity index (χ4n) is 2.77. The molecule has 0 bridgehead atoms. The van der Waals surface area contributed by atoms with Crippen molar-refractivity contribution in [3.8, 4) is 5.75 Å². The Kier molecular flexibility index (Phi) is 5.09. The van der Waals surface area contributed by atoms with E-state index >= 15 is 0 Å². The molecule has 1 aromatic carbocycles. The number of hydrogen-bond donors (Lipinski definition) is 1. The Morgan fingerprint density at radius 2 is 1.75 bits per heavy atom. The van der Waals surface area contributed by atoms with E-state index < -0.39 is 0 Å². The molecule has 1 aliphatic rings. The summed E-state index contributed by atoms with van der Waals surface area (Å²) in [6.45, 7) is 9.77. The minimum atomic E-state index is 0.203.